The molecule has 148 valence electrons. The molecular formula is C22H28N4O2. The van der Waals surface area contributed by atoms with Gasteiger partial charge in [0.15, 0.2) is 0 Å². The van der Waals surface area contributed by atoms with Gasteiger partial charge in [-0.25, -0.2) is 0 Å². The number of carbonyl (C=O) groups is 2. The number of amides is 2. The summed E-state index contributed by atoms with van der Waals surface area (Å²) in [5.74, 6) is -0.0212. The molecule has 0 N–H and O–H groups in total. The van der Waals surface area contributed by atoms with Gasteiger partial charge in [-0.1, -0.05) is 12.1 Å². The lowest BCUT2D eigenvalue weighted by atomic mass is 10.1. The monoisotopic (exact) mass is 380 g/mol. The summed E-state index contributed by atoms with van der Waals surface area (Å²) in [6.07, 6.45) is 2.60. The van der Waals surface area contributed by atoms with Crippen LogP contribution in [0.1, 0.15) is 34.1 Å². The van der Waals surface area contributed by atoms with Gasteiger partial charge in [0, 0.05) is 50.6 Å². The van der Waals surface area contributed by atoms with E-state index in [-0.39, 0.29) is 17.9 Å². The quantitative estimate of drug-likeness (QED) is 0.800. The minimum Gasteiger partial charge on any atom is -0.342 e. The van der Waals surface area contributed by atoms with Crippen molar-refractivity contribution in [3.63, 3.8) is 0 Å². The number of hydrogen-bond acceptors (Lipinski definition) is 4. The second-order valence-corrected chi connectivity index (χ2v) is 7.45. The van der Waals surface area contributed by atoms with Gasteiger partial charge in [0.1, 0.15) is 0 Å². The third kappa shape index (κ3) is 4.22. The van der Waals surface area contributed by atoms with Crippen molar-refractivity contribution >= 4 is 11.8 Å². The highest BCUT2D eigenvalue weighted by molar-refractivity contribution is 5.96. The molecule has 2 heterocycles. The number of aromatic nitrogens is 1. The number of likely N-dealkylation sites (N-methyl/N-ethyl adjacent to an activating group) is 2. The van der Waals surface area contributed by atoms with Crippen molar-refractivity contribution < 1.29 is 9.59 Å². The summed E-state index contributed by atoms with van der Waals surface area (Å²) in [5, 5.41) is 0. The van der Waals surface area contributed by atoms with E-state index in [1.165, 1.54) is 0 Å². The number of likely N-dealkylation sites (tertiary alicyclic amines) is 1. The molecule has 6 heteroatoms. The molecule has 0 saturated carbocycles. The van der Waals surface area contributed by atoms with Crippen LogP contribution in [-0.4, -0.2) is 78.3 Å². The highest BCUT2D eigenvalue weighted by Gasteiger charge is 2.27. The van der Waals surface area contributed by atoms with Crippen LogP contribution in [-0.2, 0) is 0 Å². The van der Waals surface area contributed by atoms with Crippen molar-refractivity contribution in [1.29, 1.82) is 0 Å². The second kappa shape index (κ2) is 8.52. The first kappa shape index (κ1) is 20.0. The number of carbonyl (C=O) groups excluding carboxylic acids is 2. The minimum absolute atomic E-state index is 0.0264. The molecular weight excluding hydrogens is 352 g/mol. The predicted octanol–water partition coefficient (Wildman–Crippen LogP) is 2.62. The molecule has 1 atom stereocenters. The average Bonchev–Trinajstić information content (AvgIpc) is 3.18. The lowest BCUT2D eigenvalue weighted by Gasteiger charge is -2.24. The summed E-state index contributed by atoms with van der Waals surface area (Å²) in [6, 6.07) is 11.4. The number of rotatable bonds is 5. The number of pyridine rings is 1. The van der Waals surface area contributed by atoms with E-state index in [1.807, 2.05) is 49.2 Å². The average molecular weight is 380 g/mol. The van der Waals surface area contributed by atoms with Crippen LogP contribution in [0.25, 0.3) is 11.3 Å². The van der Waals surface area contributed by atoms with Crippen LogP contribution < -0.4 is 0 Å². The van der Waals surface area contributed by atoms with Gasteiger partial charge in [0.25, 0.3) is 11.8 Å². The minimum atomic E-state index is -0.0476. The molecule has 6 nitrogen and oxygen atoms in total. The first-order valence-electron chi connectivity index (χ1n) is 9.68. The zero-order chi connectivity index (χ0) is 20.3. The Balaban J connectivity index is 1.77. The first-order valence-corrected chi connectivity index (χ1v) is 9.68. The summed E-state index contributed by atoms with van der Waals surface area (Å²) < 4.78 is 0. The van der Waals surface area contributed by atoms with E-state index in [1.54, 1.807) is 24.2 Å². The van der Waals surface area contributed by atoms with Crippen molar-refractivity contribution in [3.8, 4) is 11.3 Å². The van der Waals surface area contributed by atoms with E-state index in [2.05, 4.69) is 16.9 Å². The van der Waals surface area contributed by atoms with Crippen molar-refractivity contribution in [2.45, 2.75) is 19.4 Å². The van der Waals surface area contributed by atoms with Crippen LogP contribution >= 0.6 is 0 Å². The molecule has 1 aliphatic rings. The lowest BCUT2D eigenvalue weighted by molar-refractivity contribution is 0.0737. The van der Waals surface area contributed by atoms with Gasteiger partial charge < -0.3 is 14.7 Å². The van der Waals surface area contributed by atoms with E-state index < -0.39 is 0 Å². The fraction of sp³-hybridized carbons (Fsp3) is 0.409. The molecule has 0 unspecified atom stereocenters. The Morgan fingerprint density at radius 1 is 1.14 bits per heavy atom. The Morgan fingerprint density at radius 2 is 1.93 bits per heavy atom. The van der Waals surface area contributed by atoms with E-state index in [0.717, 1.165) is 30.8 Å². The Kier molecular flexibility index (Phi) is 6.09. The molecule has 1 fully saturated rings. The first-order chi connectivity index (χ1) is 13.4. The number of nitrogens with zero attached hydrogens (tertiary/aromatic N) is 4. The Bertz CT molecular complexity index is 850. The smallest absolute Gasteiger partial charge is 0.255 e. The van der Waals surface area contributed by atoms with Crippen LogP contribution in [0.4, 0.5) is 0 Å². The Morgan fingerprint density at radius 3 is 2.54 bits per heavy atom. The van der Waals surface area contributed by atoms with Gasteiger partial charge in [-0.15, -0.1) is 0 Å². The zero-order valence-corrected chi connectivity index (χ0v) is 17.1. The van der Waals surface area contributed by atoms with Gasteiger partial charge in [0.05, 0.1) is 11.3 Å². The van der Waals surface area contributed by atoms with E-state index in [0.29, 0.717) is 17.7 Å². The molecule has 0 radical (unpaired) electrons. The van der Waals surface area contributed by atoms with Crippen LogP contribution in [0.15, 0.2) is 42.6 Å². The van der Waals surface area contributed by atoms with Crippen molar-refractivity contribution in [2.24, 2.45) is 0 Å². The highest BCUT2D eigenvalue weighted by Crippen LogP contribution is 2.21. The van der Waals surface area contributed by atoms with Crippen LogP contribution in [0.2, 0.25) is 0 Å². The van der Waals surface area contributed by atoms with Gasteiger partial charge in [-0.3, -0.25) is 14.6 Å². The van der Waals surface area contributed by atoms with Gasteiger partial charge in [-0.2, -0.15) is 0 Å². The molecule has 2 aromatic rings. The second-order valence-electron chi connectivity index (χ2n) is 7.45. The molecule has 3 rings (SSSR count). The summed E-state index contributed by atoms with van der Waals surface area (Å²) in [4.78, 5) is 35.3. The summed E-state index contributed by atoms with van der Waals surface area (Å²) in [5.41, 5.74) is 2.83. The Hall–Kier alpha value is -2.73. The molecule has 0 aliphatic carbocycles. The normalized spacial score (nSPS) is 16.8. The van der Waals surface area contributed by atoms with E-state index in [9.17, 15) is 9.59 Å². The fourth-order valence-electron chi connectivity index (χ4n) is 3.46. The molecule has 1 saturated heterocycles. The van der Waals surface area contributed by atoms with E-state index >= 15 is 0 Å². The van der Waals surface area contributed by atoms with Gasteiger partial charge >= 0.3 is 0 Å². The van der Waals surface area contributed by atoms with E-state index in [4.69, 9.17) is 0 Å². The van der Waals surface area contributed by atoms with Gasteiger partial charge in [0.2, 0.25) is 0 Å². The van der Waals surface area contributed by atoms with Gasteiger partial charge in [-0.05, 0) is 51.2 Å². The SMILES string of the molecule is CCN(C)C(=O)c1ccc(-c2cccc(C(=O)N(C)[C@H]3CCN(C)C3)c2)nc1. The van der Waals surface area contributed by atoms with Crippen LogP contribution in [0.3, 0.4) is 0 Å². The van der Waals surface area contributed by atoms with Crippen molar-refractivity contribution in [1.82, 2.24) is 19.7 Å². The third-order valence-electron chi connectivity index (χ3n) is 5.47. The molecule has 1 aromatic heterocycles. The molecule has 0 bridgehead atoms. The maximum atomic E-state index is 12.9. The van der Waals surface area contributed by atoms with Crippen molar-refractivity contribution in [3.05, 3.63) is 53.7 Å². The number of benzene rings is 1. The standard InChI is InChI=1S/C22H28N4O2/c1-5-25(3)21(27)18-9-10-20(23-14-18)16-7-6-8-17(13-16)22(28)26(4)19-11-12-24(2)15-19/h6-10,13-14,19H,5,11-12,15H2,1-4H3/t19-/m0/s1. The van der Waals surface area contributed by atoms with Crippen LogP contribution in [0.5, 0.6) is 0 Å². The summed E-state index contributed by atoms with van der Waals surface area (Å²) >= 11 is 0. The molecule has 0 spiro atoms. The Labute approximate surface area is 166 Å². The molecule has 1 aliphatic heterocycles. The largest absolute Gasteiger partial charge is 0.342 e. The summed E-state index contributed by atoms with van der Waals surface area (Å²) in [7, 11) is 5.73. The maximum Gasteiger partial charge on any atom is 0.255 e. The zero-order valence-electron chi connectivity index (χ0n) is 17.1. The van der Waals surface area contributed by atoms with Crippen molar-refractivity contribution in [2.75, 3.05) is 40.8 Å². The predicted molar refractivity (Wildman–Crippen MR) is 110 cm³/mol. The number of hydrogen-bond donors (Lipinski definition) is 0. The molecule has 1 aromatic carbocycles. The maximum absolute atomic E-state index is 12.9. The third-order valence-corrected chi connectivity index (χ3v) is 5.47. The fourth-order valence-corrected chi connectivity index (χ4v) is 3.46. The van der Waals surface area contributed by atoms with Crippen LogP contribution in [0, 0.1) is 0 Å². The summed E-state index contributed by atoms with van der Waals surface area (Å²) in [6.45, 7) is 4.51. The highest BCUT2D eigenvalue weighted by atomic mass is 16.2. The lowest BCUT2D eigenvalue weighted by Crippen LogP contribution is -2.38. The molecule has 28 heavy (non-hydrogen) atoms. The molecule has 2 amide bonds. The topological polar surface area (TPSA) is 56.8 Å².